The number of hydrogen-bond donors (Lipinski definition) is 1. The van der Waals surface area contributed by atoms with Gasteiger partial charge in [-0.2, -0.15) is 5.10 Å². The number of rotatable bonds is 5. The molecule has 31 heavy (non-hydrogen) atoms. The van der Waals surface area contributed by atoms with Gasteiger partial charge in [0, 0.05) is 36.5 Å². The fourth-order valence-corrected chi connectivity index (χ4v) is 4.40. The Labute approximate surface area is 179 Å². The number of amides is 2. The van der Waals surface area contributed by atoms with Gasteiger partial charge in [0.2, 0.25) is 5.91 Å². The van der Waals surface area contributed by atoms with Gasteiger partial charge in [0.1, 0.15) is 5.82 Å². The average molecular weight is 418 g/mol. The van der Waals surface area contributed by atoms with Crippen molar-refractivity contribution in [2.24, 2.45) is 0 Å². The maximum atomic E-state index is 13.3. The lowest BCUT2D eigenvalue weighted by Crippen LogP contribution is -2.25. The number of anilines is 1. The van der Waals surface area contributed by atoms with E-state index in [4.69, 9.17) is 0 Å². The number of nitrogens with zero attached hydrogens (tertiary/aromatic N) is 3. The largest absolute Gasteiger partial charge is 0.347 e. The molecule has 5 rings (SSSR count). The number of carbonyl (C=O) groups is 2. The van der Waals surface area contributed by atoms with E-state index in [1.807, 2.05) is 24.3 Å². The first-order valence-corrected chi connectivity index (χ1v) is 10.6. The summed E-state index contributed by atoms with van der Waals surface area (Å²) in [5.74, 6) is -0.352. The van der Waals surface area contributed by atoms with Crippen LogP contribution in [-0.4, -0.2) is 28.1 Å². The molecule has 7 heteroatoms. The molecule has 0 radical (unpaired) electrons. The van der Waals surface area contributed by atoms with E-state index in [-0.39, 0.29) is 17.6 Å². The van der Waals surface area contributed by atoms with Gasteiger partial charge in [-0.1, -0.05) is 12.1 Å². The first kappa shape index (κ1) is 19.5. The van der Waals surface area contributed by atoms with Crippen molar-refractivity contribution in [3.05, 3.63) is 76.9 Å². The van der Waals surface area contributed by atoms with Crippen molar-refractivity contribution >= 4 is 17.5 Å². The van der Waals surface area contributed by atoms with Crippen molar-refractivity contribution in [1.82, 2.24) is 15.1 Å². The van der Waals surface area contributed by atoms with Crippen molar-refractivity contribution in [2.75, 3.05) is 11.4 Å². The van der Waals surface area contributed by atoms with E-state index in [2.05, 4.69) is 10.4 Å². The molecule has 2 amide bonds. The van der Waals surface area contributed by atoms with Crippen LogP contribution in [-0.2, 0) is 24.2 Å². The molecule has 1 fully saturated rings. The molecule has 2 heterocycles. The van der Waals surface area contributed by atoms with E-state index in [1.165, 1.54) is 12.1 Å². The molecule has 0 unspecified atom stereocenters. The Balaban J connectivity index is 1.30. The summed E-state index contributed by atoms with van der Waals surface area (Å²) >= 11 is 0. The predicted octanol–water partition coefficient (Wildman–Crippen LogP) is 3.56. The highest BCUT2D eigenvalue weighted by atomic mass is 19.1. The molecule has 1 saturated heterocycles. The highest BCUT2D eigenvalue weighted by Gasteiger charge is 2.27. The summed E-state index contributed by atoms with van der Waals surface area (Å²) in [5.41, 5.74) is 5.05. The molecule has 2 aliphatic rings. The molecule has 1 N–H and O–H groups in total. The molecule has 3 aromatic rings. The van der Waals surface area contributed by atoms with Crippen LogP contribution in [0.2, 0.25) is 0 Å². The van der Waals surface area contributed by atoms with E-state index in [9.17, 15) is 14.0 Å². The molecular weight excluding hydrogens is 395 g/mol. The Morgan fingerprint density at radius 2 is 1.71 bits per heavy atom. The van der Waals surface area contributed by atoms with Crippen LogP contribution in [0.15, 0.2) is 48.5 Å². The minimum Gasteiger partial charge on any atom is -0.347 e. The summed E-state index contributed by atoms with van der Waals surface area (Å²) < 4.78 is 15.1. The number of hydrogen-bond acceptors (Lipinski definition) is 3. The standard InChI is InChI=1S/C24H23FN4O2/c25-17-8-12-19(13-9-17)29-21-4-1-3-20(21)23(27-29)24(31)26-15-16-6-10-18(11-7-16)28-14-2-5-22(28)30/h6-13H,1-5,14-15H2,(H,26,31). The average Bonchev–Trinajstić information content (AvgIpc) is 3.50. The quantitative estimate of drug-likeness (QED) is 0.689. The highest BCUT2D eigenvalue weighted by molar-refractivity contribution is 5.95. The summed E-state index contributed by atoms with van der Waals surface area (Å²) in [7, 11) is 0. The van der Waals surface area contributed by atoms with Gasteiger partial charge >= 0.3 is 0 Å². The monoisotopic (exact) mass is 418 g/mol. The van der Waals surface area contributed by atoms with Gasteiger partial charge in [-0.25, -0.2) is 9.07 Å². The van der Waals surface area contributed by atoms with Gasteiger partial charge in [-0.05, 0) is 67.6 Å². The minimum absolute atomic E-state index is 0.159. The number of carbonyl (C=O) groups excluding carboxylic acids is 2. The zero-order valence-electron chi connectivity index (χ0n) is 17.1. The molecule has 1 aliphatic heterocycles. The lowest BCUT2D eigenvalue weighted by atomic mass is 10.1. The Kier molecular flexibility index (Phi) is 5.02. The summed E-state index contributed by atoms with van der Waals surface area (Å²) in [4.78, 5) is 26.6. The van der Waals surface area contributed by atoms with Crippen molar-refractivity contribution in [3.63, 3.8) is 0 Å². The Hall–Kier alpha value is -3.48. The summed E-state index contributed by atoms with van der Waals surface area (Å²) in [6.45, 7) is 1.14. The van der Waals surface area contributed by atoms with Gasteiger partial charge in [-0.15, -0.1) is 0 Å². The minimum atomic E-state index is -0.300. The van der Waals surface area contributed by atoms with Crippen molar-refractivity contribution in [3.8, 4) is 5.69 Å². The van der Waals surface area contributed by atoms with Crippen LogP contribution in [0.5, 0.6) is 0 Å². The summed E-state index contributed by atoms with van der Waals surface area (Å²) in [5, 5.41) is 7.52. The highest BCUT2D eigenvalue weighted by Crippen LogP contribution is 2.28. The molecular formula is C24H23FN4O2. The first-order chi connectivity index (χ1) is 15.1. The molecule has 158 valence electrons. The molecule has 1 aliphatic carbocycles. The number of halogens is 1. The fraction of sp³-hybridized carbons (Fsp3) is 0.292. The third kappa shape index (κ3) is 3.71. The Morgan fingerprint density at radius 1 is 0.968 bits per heavy atom. The van der Waals surface area contributed by atoms with Crippen molar-refractivity contribution in [2.45, 2.75) is 38.6 Å². The van der Waals surface area contributed by atoms with Gasteiger partial charge in [-0.3, -0.25) is 9.59 Å². The summed E-state index contributed by atoms with van der Waals surface area (Å²) in [6.07, 6.45) is 4.14. The maximum absolute atomic E-state index is 13.3. The zero-order valence-corrected chi connectivity index (χ0v) is 17.1. The number of aromatic nitrogens is 2. The summed E-state index contributed by atoms with van der Waals surface area (Å²) in [6, 6.07) is 13.9. The SMILES string of the molecule is O=C(NCc1ccc(N2CCCC2=O)cc1)c1nn(-c2ccc(F)cc2)c2c1CCC2. The smallest absolute Gasteiger partial charge is 0.272 e. The van der Waals surface area contributed by atoms with Crippen LogP contribution < -0.4 is 10.2 Å². The van der Waals surface area contributed by atoms with Crippen LogP contribution in [0.3, 0.4) is 0 Å². The topological polar surface area (TPSA) is 67.2 Å². The van der Waals surface area contributed by atoms with Crippen LogP contribution in [0.4, 0.5) is 10.1 Å². The van der Waals surface area contributed by atoms with Crippen molar-refractivity contribution in [1.29, 1.82) is 0 Å². The Bertz CT molecular complexity index is 1140. The third-order valence-electron chi connectivity index (χ3n) is 5.99. The third-order valence-corrected chi connectivity index (χ3v) is 5.99. The van der Waals surface area contributed by atoms with Gasteiger partial charge in [0.15, 0.2) is 5.69 Å². The van der Waals surface area contributed by atoms with Crippen LogP contribution >= 0.6 is 0 Å². The molecule has 6 nitrogen and oxygen atoms in total. The van der Waals surface area contributed by atoms with E-state index in [0.717, 1.165) is 60.4 Å². The van der Waals surface area contributed by atoms with Gasteiger partial charge in [0.25, 0.3) is 5.91 Å². The normalized spacial score (nSPS) is 15.4. The Morgan fingerprint density at radius 3 is 2.42 bits per heavy atom. The predicted molar refractivity (Wildman–Crippen MR) is 115 cm³/mol. The van der Waals surface area contributed by atoms with Crippen LogP contribution in [0, 0.1) is 5.82 Å². The van der Waals surface area contributed by atoms with Gasteiger partial charge in [0.05, 0.1) is 5.69 Å². The fourth-order valence-electron chi connectivity index (χ4n) is 4.40. The molecule has 0 saturated carbocycles. The lowest BCUT2D eigenvalue weighted by molar-refractivity contribution is -0.117. The molecule has 1 aromatic heterocycles. The van der Waals surface area contributed by atoms with Crippen molar-refractivity contribution < 1.29 is 14.0 Å². The van der Waals surface area contributed by atoms with E-state index in [1.54, 1.807) is 21.7 Å². The van der Waals surface area contributed by atoms with Crippen LogP contribution in [0.25, 0.3) is 5.69 Å². The number of benzene rings is 2. The molecule has 0 spiro atoms. The van der Waals surface area contributed by atoms with Gasteiger partial charge < -0.3 is 10.2 Å². The number of fused-ring (bicyclic) bond motifs is 1. The second-order valence-corrected chi connectivity index (χ2v) is 8.01. The molecule has 2 aromatic carbocycles. The number of nitrogens with one attached hydrogen (secondary N) is 1. The van der Waals surface area contributed by atoms with E-state index < -0.39 is 0 Å². The second kappa shape index (κ2) is 7.98. The lowest BCUT2D eigenvalue weighted by Gasteiger charge is -2.16. The first-order valence-electron chi connectivity index (χ1n) is 10.6. The molecule has 0 bridgehead atoms. The maximum Gasteiger partial charge on any atom is 0.272 e. The van der Waals surface area contributed by atoms with E-state index in [0.29, 0.717) is 18.7 Å². The van der Waals surface area contributed by atoms with Crippen LogP contribution in [0.1, 0.15) is 46.6 Å². The molecule has 0 atom stereocenters. The second-order valence-electron chi connectivity index (χ2n) is 8.01. The van der Waals surface area contributed by atoms with E-state index >= 15 is 0 Å². The zero-order chi connectivity index (χ0) is 21.4.